The minimum absolute atomic E-state index is 0.168. The normalized spacial score (nSPS) is 14.9. The van der Waals surface area contributed by atoms with Gasteiger partial charge in [0.2, 0.25) is 0 Å². The summed E-state index contributed by atoms with van der Waals surface area (Å²) in [4.78, 5) is 33.6. The van der Waals surface area contributed by atoms with Gasteiger partial charge in [-0.25, -0.2) is 9.79 Å². The maximum absolute atomic E-state index is 14.4. The standard InChI is InChI=1S/C34H31N3O5S/c1-6-42-33(39)29-30(21-12-8-7-9-13-21)35-34-37(31(29)24-17-16-22(40-4)18-27(24)41-5)32(38)28(43-34)19-25-20(2)36(3)26-15-11-10-14-23(25)26/h7-19,31H,6H2,1-5H3/t31-/m1/s1. The van der Waals surface area contributed by atoms with Crippen molar-refractivity contribution in [1.29, 1.82) is 0 Å². The molecule has 3 aromatic carbocycles. The van der Waals surface area contributed by atoms with Gasteiger partial charge in [-0.2, -0.15) is 0 Å². The molecular formula is C34H31N3O5S. The molecular weight excluding hydrogens is 562 g/mol. The van der Waals surface area contributed by atoms with Gasteiger partial charge in [0, 0.05) is 46.4 Å². The molecule has 0 radical (unpaired) electrons. The van der Waals surface area contributed by atoms with Crippen molar-refractivity contribution < 1.29 is 19.0 Å². The van der Waals surface area contributed by atoms with Crippen molar-refractivity contribution >= 4 is 40.0 Å². The fourth-order valence-electron chi connectivity index (χ4n) is 5.64. The lowest BCUT2D eigenvalue weighted by molar-refractivity contribution is -0.138. The van der Waals surface area contributed by atoms with Crippen LogP contribution in [0, 0.1) is 6.92 Å². The second-order valence-electron chi connectivity index (χ2n) is 10.1. The predicted octanol–water partition coefficient (Wildman–Crippen LogP) is 4.75. The molecule has 218 valence electrons. The van der Waals surface area contributed by atoms with Crippen molar-refractivity contribution in [2.45, 2.75) is 19.9 Å². The zero-order valence-corrected chi connectivity index (χ0v) is 25.4. The Kier molecular flexibility index (Phi) is 7.50. The van der Waals surface area contributed by atoms with Crippen molar-refractivity contribution in [3.8, 4) is 11.5 Å². The van der Waals surface area contributed by atoms with E-state index in [4.69, 9.17) is 19.2 Å². The number of para-hydroxylation sites is 1. The number of carbonyl (C=O) groups is 1. The van der Waals surface area contributed by atoms with Crippen molar-refractivity contribution in [1.82, 2.24) is 9.13 Å². The molecule has 0 bridgehead atoms. The molecule has 0 unspecified atom stereocenters. The van der Waals surface area contributed by atoms with E-state index in [1.54, 1.807) is 37.8 Å². The first-order chi connectivity index (χ1) is 20.9. The van der Waals surface area contributed by atoms with Crippen molar-refractivity contribution in [3.05, 3.63) is 120 Å². The summed E-state index contributed by atoms with van der Waals surface area (Å²) in [5.74, 6) is 0.511. The number of esters is 1. The van der Waals surface area contributed by atoms with E-state index in [0.29, 0.717) is 32.1 Å². The predicted molar refractivity (Wildman–Crippen MR) is 168 cm³/mol. The monoisotopic (exact) mass is 593 g/mol. The molecule has 0 amide bonds. The van der Waals surface area contributed by atoms with Gasteiger partial charge in [0.1, 0.15) is 17.5 Å². The average molecular weight is 594 g/mol. The number of ether oxygens (including phenoxy) is 3. The lowest BCUT2D eigenvalue weighted by atomic mass is 9.92. The fourth-order valence-corrected chi connectivity index (χ4v) is 6.63. The van der Waals surface area contributed by atoms with Crippen LogP contribution in [-0.2, 0) is 16.6 Å². The molecule has 0 spiro atoms. The molecule has 1 atom stereocenters. The van der Waals surface area contributed by atoms with Gasteiger partial charge in [0.15, 0.2) is 4.80 Å². The number of rotatable bonds is 7. The number of methoxy groups -OCH3 is 2. The lowest BCUT2D eigenvalue weighted by Crippen LogP contribution is -2.40. The van der Waals surface area contributed by atoms with Crippen LogP contribution in [-0.4, -0.2) is 35.9 Å². The highest BCUT2D eigenvalue weighted by Crippen LogP contribution is 2.40. The van der Waals surface area contributed by atoms with Crippen LogP contribution in [0.4, 0.5) is 0 Å². The summed E-state index contributed by atoms with van der Waals surface area (Å²) in [5, 5.41) is 1.05. The summed E-state index contributed by atoms with van der Waals surface area (Å²) < 4.78 is 21.0. The largest absolute Gasteiger partial charge is 0.497 e. The summed E-state index contributed by atoms with van der Waals surface area (Å²) in [5.41, 5.74) is 4.90. The molecule has 1 aliphatic rings. The molecule has 43 heavy (non-hydrogen) atoms. The van der Waals surface area contributed by atoms with E-state index in [2.05, 4.69) is 16.7 Å². The maximum Gasteiger partial charge on any atom is 0.338 e. The van der Waals surface area contributed by atoms with Gasteiger partial charge in [0.05, 0.1) is 36.6 Å². The SMILES string of the molecule is CCOC(=O)C1=C(c2ccccc2)N=c2sc(=Cc3c(C)n(C)c4ccccc34)c(=O)n2[C@@H]1c1ccc(OC)cc1OC. The van der Waals surface area contributed by atoms with Crippen LogP contribution in [0.2, 0.25) is 0 Å². The van der Waals surface area contributed by atoms with E-state index < -0.39 is 12.0 Å². The van der Waals surface area contributed by atoms with E-state index in [0.717, 1.165) is 27.7 Å². The minimum atomic E-state index is -0.859. The highest BCUT2D eigenvalue weighted by molar-refractivity contribution is 7.07. The van der Waals surface area contributed by atoms with E-state index in [9.17, 15) is 9.59 Å². The molecule has 0 saturated heterocycles. The van der Waals surface area contributed by atoms with Gasteiger partial charge in [0.25, 0.3) is 5.56 Å². The van der Waals surface area contributed by atoms with Gasteiger partial charge in [-0.15, -0.1) is 0 Å². The summed E-state index contributed by atoms with van der Waals surface area (Å²) in [6.07, 6.45) is 1.93. The topological polar surface area (TPSA) is 84.1 Å². The molecule has 0 fully saturated rings. The molecule has 3 heterocycles. The van der Waals surface area contributed by atoms with Crippen LogP contribution in [0.25, 0.3) is 22.7 Å². The third kappa shape index (κ3) is 4.75. The van der Waals surface area contributed by atoms with Gasteiger partial charge < -0.3 is 18.8 Å². The first kappa shape index (κ1) is 28.2. The molecule has 0 N–H and O–H groups in total. The smallest absolute Gasteiger partial charge is 0.338 e. The summed E-state index contributed by atoms with van der Waals surface area (Å²) in [7, 11) is 5.14. The highest BCUT2D eigenvalue weighted by atomic mass is 32.1. The Morgan fingerprint density at radius 3 is 2.49 bits per heavy atom. The Bertz CT molecular complexity index is 2090. The van der Waals surface area contributed by atoms with E-state index in [1.165, 1.54) is 11.3 Å². The van der Waals surface area contributed by atoms with E-state index >= 15 is 0 Å². The Hall–Kier alpha value is -4.89. The molecule has 9 heteroatoms. The van der Waals surface area contributed by atoms with Crippen molar-refractivity contribution in [3.63, 3.8) is 0 Å². The van der Waals surface area contributed by atoms with Crippen LogP contribution in [0.15, 0.2) is 88.2 Å². The van der Waals surface area contributed by atoms with E-state index in [-0.39, 0.29) is 17.7 Å². The minimum Gasteiger partial charge on any atom is -0.497 e. The first-order valence-corrected chi connectivity index (χ1v) is 14.7. The number of nitrogens with zero attached hydrogens (tertiary/aromatic N) is 3. The van der Waals surface area contributed by atoms with Gasteiger partial charge in [-0.1, -0.05) is 59.9 Å². The van der Waals surface area contributed by atoms with Crippen LogP contribution >= 0.6 is 11.3 Å². The fraction of sp³-hybridized carbons (Fsp3) is 0.206. The number of aromatic nitrogens is 2. The quantitative estimate of drug-likeness (QED) is 0.254. The second-order valence-corrected chi connectivity index (χ2v) is 11.1. The van der Waals surface area contributed by atoms with Crippen molar-refractivity contribution in [2.75, 3.05) is 20.8 Å². The molecule has 8 nitrogen and oxygen atoms in total. The number of thiazole rings is 1. The maximum atomic E-state index is 14.4. The van der Waals surface area contributed by atoms with Gasteiger partial charge >= 0.3 is 5.97 Å². The molecule has 2 aromatic heterocycles. The molecule has 5 aromatic rings. The Morgan fingerprint density at radius 1 is 1.02 bits per heavy atom. The van der Waals surface area contributed by atoms with Crippen LogP contribution in [0.1, 0.15) is 35.3 Å². The Morgan fingerprint density at radius 2 is 1.77 bits per heavy atom. The summed E-state index contributed by atoms with van der Waals surface area (Å²) in [6, 6.07) is 22.1. The number of benzene rings is 3. The summed E-state index contributed by atoms with van der Waals surface area (Å²) >= 11 is 1.30. The average Bonchev–Trinajstić information content (AvgIpc) is 3.48. The number of hydrogen-bond donors (Lipinski definition) is 0. The Balaban J connectivity index is 1.70. The molecule has 6 rings (SSSR count). The number of carbonyl (C=O) groups excluding carboxylic acids is 1. The first-order valence-electron chi connectivity index (χ1n) is 13.9. The van der Waals surface area contributed by atoms with Gasteiger partial charge in [-0.05, 0) is 38.1 Å². The number of fused-ring (bicyclic) bond motifs is 2. The number of aryl methyl sites for hydroxylation is 1. The zero-order chi connectivity index (χ0) is 30.2. The number of hydrogen-bond acceptors (Lipinski definition) is 7. The van der Waals surface area contributed by atoms with Crippen LogP contribution in [0.3, 0.4) is 0 Å². The molecule has 1 aliphatic heterocycles. The van der Waals surface area contributed by atoms with Crippen molar-refractivity contribution in [2.24, 2.45) is 12.0 Å². The van der Waals surface area contributed by atoms with Crippen LogP contribution < -0.4 is 24.4 Å². The third-order valence-corrected chi connectivity index (χ3v) is 8.82. The molecule has 0 saturated carbocycles. The van der Waals surface area contributed by atoms with E-state index in [1.807, 2.05) is 68.6 Å². The third-order valence-electron chi connectivity index (χ3n) is 7.83. The summed E-state index contributed by atoms with van der Waals surface area (Å²) in [6.45, 7) is 3.97. The highest BCUT2D eigenvalue weighted by Gasteiger charge is 2.37. The van der Waals surface area contributed by atoms with Crippen LogP contribution in [0.5, 0.6) is 11.5 Å². The lowest BCUT2D eigenvalue weighted by Gasteiger charge is -2.27. The van der Waals surface area contributed by atoms with Gasteiger partial charge in [-0.3, -0.25) is 9.36 Å². The second kappa shape index (κ2) is 11.4. The zero-order valence-electron chi connectivity index (χ0n) is 24.6. The molecule has 0 aliphatic carbocycles. The Labute approximate surface area is 252 Å².